The fourth-order valence-electron chi connectivity index (χ4n) is 8.67. The number of anilines is 1. The van der Waals surface area contributed by atoms with Gasteiger partial charge in [0.15, 0.2) is 6.23 Å². The number of benzene rings is 3. The number of ether oxygens (including phenoxy) is 4. The summed E-state index contributed by atoms with van der Waals surface area (Å²) in [6, 6.07) is 26.5. The summed E-state index contributed by atoms with van der Waals surface area (Å²) in [4.78, 5) is 81.7. The van der Waals surface area contributed by atoms with Crippen LogP contribution in [0.2, 0.25) is 0 Å². The number of amides is 4. The van der Waals surface area contributed by atoms with Gasteiger partial charge in [-0.3, -0.25) is 19.3 Å². The van der Waals surface area contributed by atoms with Crippen LogP contribution in [0, 0.1) is 22.7 Å². The second-order valence-corrected chi connectivity index (χ2v) is 16.9. The Labute approximate surface area is 346 Å². The van der Waals surface area contributed by atoms with Gasteiger partial charge < -0.3 is 29.1 Å². The molecular formula is C46H57N3O10. The monoisotopic (exact) mass is 811 g/mol. The fourth-order valence-corrected chi connectivity index (χ4v) is 8.67. The lowest BCUT2D eigenvalue weighted by molar-refractivity contribution is -0.168. The van der Waals surface area contributed by atoms with Gasteiger partial charge in [-0.15, -0.1) is 0 Å². The lowest BCUT2D eigenvalue weighted by Gasteiger charge is -2.46. The van der Waals surface area contributed by atoms with Gasteiger partial charge in [-0.05, 0) is 72.6 Å². The highest BCUT2D eigenvalue weighted by Gasteiger charge is 2.49. The Morgan fingerprint density at radius 1 is 0.797 bits per heavy atom. The zero-order chi connectivity index (χ0) is 42.6. The molecule has 0 bridgehead atoms. The SMILES string of the molecule is COC(COC(=O)CCC(=O)OC1C(Cc2ccccc2)C(=O)N(c2ccccc2)C(=O)N1Cc1ccccc1)COC(=O)NCC1(C)CC(CC(C)=O)CC(C)(C)C1. The molecule has 0 spiro atoms. The van der Waals surface area contributed by atoms with Gasteiger partial charge in [0, 0.05) is 20.1 Å². The molecule has 0 radical (unpaired) electrons. The van der Waals surface area contributed by atoms with E-state index in [-0.39, 0.29) is 61.6 Å². The van der Waals surface area contributed by atoms with Crippen LogP contribution in [0.3, 0.4) is 0 Å². The molecule has 5 rings (SSSR count). The number of carbonyl (C=O) groups is 6. The predicted molar refractivity (Wildman–Crippen MR) is 220 cm³/mol. The maximum atomic E-state index is 14.2. The number of rotatable bonds is 18. The first-order valence-corrected chi connectivity index (χ1v) is 20.2. The number of imide groups is 1. The van der Waals surface area contributed by atoms with Gasteiger partial charge in [-0.2, -0.15) is 0 Å². The van der Waals surface area contributed by atoms with Crippen LogP contribution in [0.1, 0.15) is 77.3 Å². The Balaban J connectivity index is 1.16. The molecule has 13 heteroatoms. The van der Waals surface area contributed by atoms with E-state index in [0.29, 0.717) is 18.7 Å². The van der Waals surface area contributed by atoms with Crippen LogP contribution in [0.5, 0.6) is 0 Å². The van der Waals surface area contributed by atoms with E-state index in [1.54, 1.807) is 37.3 Å². The topological polar surface area (TPSA) is 158 Å². The second-order valence-electron chi connectivity index (χ2n) is 16.9. The van der Waals surface area contributed by atoms with Gasteiger partial charge in [-0.25, -0.2) is 14.5 Å². The summed E-state index contributed by atoms with van der Waals surface area (Å²) in [5.74, 6) is -2.56. The third kappa shape index (κ3) is 13.0. The van der Waals surface area contributed by atoms with Crippen LogP contribution >= 0.6 is 0 Å². The van der Waals surface area contributed by atoms with Crippen molar-refractivity contribution in [1.82, 2.24) is 10.2 Å². The van der Waals surface area contributed by atoms with Crippen LogP contribution in [0.15, 0.2) is 91.0 Å². The molecule has 2 fully saturated rings. The summed E-state index contributed by atoms with van der Waals surface area (Å²) in [5, 5.41) is 2.86. The van der Waals surface area contributed by atoms with Crippen LogP contribution in [0.4, 0.5) is 15.3 Å². The maximum Gasteiger partial charge on any atom is 0.407 e. The van der Waals surface area contributed by atoms with Crippen molar-refractivity contribution in [3.63, 3.8) is 0 Å². The molecule has 316 valence electrons. The number of ketones is 1. The highest BCUT2D eigenvalue weighted by atomic mass is 16.6. The van der Waals surface area contributed by atoms with Crippen molar-refractivity contribution in [2.24, 2.45) is 22.7 Å². The molecule has 4 amide bonds. The first-order chi connectivity index (χ1) is 28.1. The van der Waals surface area contributed by atoms with E-state index < -0.39 is 48.2 Å². The number of Topliss-reactive ketones (excluding diaryl/α,β-unsaturated/α-hetero) is 1. The smallest absolute Gasteiger partial charge is 0.407 e. The molecule has 1 saturated carbocycles. The summed E-state index contributed by atoms with van der Waals surface area (Å²) in [5.41, 5.74) is 1.80. The van der Waals surface area contributed by atoms with E-state index in [2.05, 4.69) is 26.1 Å². The summed E-state index contributed by atoms with van der Waals surface area (Å²) >= 11 is 0. The highest BCUT2D eigenvalue weighted by molar-refractivity contribution is 6.17. The molecule has 5 unspecified atom stereocenters. The van der Waals surface area contributed by atoms with Crippen molar-refractivity contribution in [2.75, 3.05) is 31.8 Å². The number of nitrogens with zero attached hydrogens (tertiary/aromatic N) is 2. The Kier molecular flexibility index (Phi) is 15.4. The minimum atomic E-state index is -1.27. The number of urea groups is 1. The minimum absolute atomic E-state index is 0.0341. The lowest BCUT2D eigenvalue weighted by Crippen LogP contribution is -2.63. The average molecular weight is 812 g/mol. The van der Waals surface area contributed by atoms with Crippen molar-refractivity contribution in [3.8, 4) is 0 Å². The molecule has 1 aliphatic carbocycles. The summed E-state index contributed by atoms with van der Waals surface area (Å²) in [7, 11) is 1.40. The number of hydrogen-bond donors (Lipinski definition) is 1. The number of esters is 2. The minimum Gasteiger partial charge on any atom is -0.463 e. The van der Waals surface area contributed by atoms with Crippen molar-refractivity contribution in [1.29, 1.82) is 0 Å². The molecule has 3 aromatic rings. The zero-order valence-corrected chi connectivity index (χ0v) is 34.7. The van der Waals surface area contributed by atoms with Crippen LogP contribution in [0.25, 0.3) is 0 Å². The van der Waals surface area contributed by atoms with Gasteiger partial charge in [0.05, 0.1) is 31.0 Å². The van der Waals surface area contributed by atoms with Gasteiger partial charge in [0.25, 0.3) is 0 Å². The van der Waals surface area contributed by atoms with Crippen molar-refractivity contribution < 1.29 is 47.7 Å². The Hall–Kier alpha value is -5.56. The Morgan fingerprint density at radius 3 is 2.02 bits per heavy atom. The van der Waals surface area contributed by atoms with Gasteiger partial charge in [-0.1, -0.05) is 99.6 Å². The summed E-state index contributed by atoms with van der Waals surface area (Å²) in [6.45, 7) is 8.13. The third-order valence-electron chi connectivity index (χ3n) is 10.8. The van der Waals surface area contributed by atoms with Crippen LogP contribution in [-0.2, 0) is 51.1 Å². The number of alkyl carbamates (subject to hydrolysis) is 1. The highest BCUT2D eigenvalue weighted by Crippen LogP contribution is 2.49. The largest absolute Gasteiger partial charge is 0.463 e. The average Bonchev–Trinajstić information content (AvgIpc) is 3.19. The summed E-state index contributed by atoms with van der Waals surface area (Å²) in [6.07, 6.45) is -0.00904. The molecule has 59 heavy (non-hydrogen) atoms. The number of hydrogen-bond acceptors (Lipinski definition) is 10. The normalized spacial score (nSPS) is 21.9. The van der Waals surface area contributed by atoms with Crippen molar-refractivity contribution in [3.05, 3.63) is 102 Å². The Bertz CT molecular complexity index is 1850. The van der Waals surface area contributed by atoms with Crippen LogP contribution < -0.4 is 10.2 Å². The molecule has 2 aliphatic rings. The third-order valence-corrected chi connectivity index (χ3v) is 10.8. The first kappa shape index (κ1) is 44.5. The second kappa shape index (κ2) is 20.4. The molecular weight excluding hydrogens is 755 g/mol. The van der Waals surface area contributed by atoms with Gasteiger partial charge in [0.2, 0.25) is 5.91 Å². The van der Waals surface area contributed by atoms with Crippen molar-refractivity contribution >= 4 is 41.4 Å². The van der Waals surface area contributed by atoms with Gasteiger partial charge >= 0.3 is 24.1 Å². The zero-order valence-electron chi connectivity index (χ0n) is 34.7. The molecule has 1 N–H and O–H groups in total. The molecule has 13 nitrogen and oxygen atoms in total. The van der Waals surface area contributed by atoms with E-state index in [4.69, 9.17) is 18.9 Å². The number of nitrogens with one attached hydrogen (secondary N) is 1. The molecule has 1 heterocycles. The lowest BCUT2D eigenvalue weighted by atomic mass is 9.60. The van der Waals surface area contributed by atoms with E-state index in [9.17, 15) is 28.8 Å². The van der Waals surface area contributed by atoms with Crippen LogP contribution in [-0.4, -0.2) is 79.9 Å². The number of carbonyl (C=O) groups excluding carboxylic acids is 6. The van der Waals surface area contributed by atoms with E-state index in [1.165, 1.54) is 12.0 Å². The van der Waals surface area contributed by atoms with E-state index in [0.717, 1.165) is 35.3 Å². The number of methoxy groups -OCH3 is 1. The quantitative estimate of drug-likeness (QED) is 0.102. The molecule has 1 aliphatic heterocycles. The van der Waals surface area contributed by atoms with E-state index >= 15 is 0 Å². The fraction of sp³-hybridized carbons (Fsp3) is 0.478. The standard InChI is InChI=1S/C46H57N3O10/c1-32(50)23-35-25-45(2,3)30-46(4,26-35)31-47-43(54)58-29-37(56-5)28-57-39(51)21-22-40(52)59-42-38(24-33-15-9-6-10-16-33)41(53)49(36-19-13-8-14-20-36)44(55)48(42)27-34-17-11-7-12-18-34/h6-20,35,37-38,42H,21-31H2,1-5H3,(H,47,54). The molecule has 1 saturated heterocycles. The Morgan fingerprint density at radius 2 is 1.39 bits per heavy atom. The molecule has 5 atom stereocenters. The molecule has 0 aromatic heterocycles. The number of para-hydroxylation sites is 1. The molecule has 3 aromatic carbocycles. The summed E-state index contributed by atoms with van der Waals surface area (Å²) < 4.78 is 22.1. The first-order valence-electron chi connectivity index (χ1n) is 20.2. The maximum absolute atomic E-state index is 14.2. The van der Waals surface area contributed by atoms with Gasteiger partial charge in [0.1, 0.15) is 25.1 Å². The predicted octanol–water partition coefficient (Wildman–Crippen LogP) is 7.26. The van der Waals surface area contributed by atoms with E-state index in [1.807, 2.05) is 60.7 Å². The van der Waals surface area contributed by atoms with Crippen molar-refractivity contribution in [2.45, 2.75) is 91.5 Å².